The molecule has 11 nitrogen and oxygen atoms in total. The number of aryl methyl sites for hydroxylation is 1. The lowest BCUT2D eigenvalue weighted by Crippen LogP contribution is -2.56. The van der Waals surface area contributed by atoms with Crippen molar-refractivity contribution >= 4 is 21.9 Å². The first kappa shape index (κ1) is 21.6. The smallest absolute Gasteiger partial charge is 0.280 e. The van der Waals surface area contributed by atoms with Gasteiger partial charge in [-0.15, -0.1) is 0 Å². The van der Waals surface area contributed by atoms with Gasteiger partial charge in [-0.05, 0) is 24.1 Å². The number of amides is 1. The highest BCUT2D eigenvalue weighted by Gasteiger charge is 2.41. The summed E-state index contributed by atoms with van der Waals surface area (Å²) in [5.74, 6) is 0.594. The first-order valence-electron chi connectivity index (χ1n) is 8.92. The van der Waals surface area contributed by atoms with Gasteiger partial charge in [-0.3, -0.25) is 9.48 Å². The van der Waals surface area contributed by atoms with E-state index < -0.39 is 28.2 Å². The zero-order valence-electron chi connectivity index (χ0n) is 16.9. The van der Waals surface area contributed by atoms with Crippen LogP contribution in [-0.2, 0) is 22.1 Å². The minimum atomic E-state index is -3.93. The average molecular weight is 434 g/mol. The molecular formula is C18H22N6O5S. The van der Waals surface area contributed by atoms with Gasteiger partial charge in [0.1, 0.15) is 23.5 Å². The first-order chi connectivity index (χ1) is 14.2. The second kappa shape index (κ2) is 8.31. The summed E-state index contributed by atoms with van der Waals surface area (Å²) in [5, 5.41) is 15.7. The van der Waals surface area contributed by atoms with E-state index in [1.165, 1.54) is 32.1 Å². The quantitative estimate of drug-likeness (QED) is 0.700. The SMILES string of the molecule is COc1ccc(C2CC(C(=O)Nc3c(C#N)cnn3C)N(C)S(=O)(=O)N2)cc1OC. The van der Waals surface area contributed by atoms with Crippen LogP contribution in [0.1, 0.15) is 23.6 Å². The third-order valence-corrected chi connectivity index (χ3v) is 6.58. The fraction of sp³-hybridized carbons (Fsp3) is 0.389. The molecular weight excluding hydrogens is 412 g/mol. The van der Waals surface area contributed by atoms with Gasteiger partial charge in [0.25, 0.3) is 10.2 Å². The van der Waals surface area contributed by atoms with Gasteiger partial charge in [0, 0.05) is 14.1 Å². The fourth-order valence-electron chi connectivity index (χ4n) is 3.26. The molecule has 1 aliphatic heterocycles. The zero-order chi connectivity index (χ0) is 22.1. The Morgan fingerprint density at radius 2 is 2.00 bits per heavy atom. The van der Waals surface area contributed by atoms with E-state index >= 15 is 0 Å². The van der Waals surface area contributed by atoms with Crippen molar-refractivity contribution in [2.45, 2.75) is 18.5 Å². The number of carbonyl (C=O) groups excluding carboxylic acids is 1. The molecule has 1 amide bonds. The van der Waals surface area contributed by atoms with Crippen LogP contribution in [0.25, 0.3) is 0 Å². The van der Waals surface area contributed by atoms with Crippen LogP contribution in [0.15, 0.2) is 24.4 Å². The Labute approximate surface area is 174 Å². The van der Waals surface area contributed by atoms with Crippen molar-refractivity contribution in [1.29, 1.82) is 5.26 Å². The maximum absolute atomic E-state index is 12.9. The highest BCUT2D eigenvalue weighted by molar-refractivity contribution is 7.87. The highest BCUT2D eigenvalue weighted by atomic mass is 32.2. The molecule has 0 saturated carbocycles. The van der Waals surface area contributed by atoms with Crippen LogP contribution in [0.3, 0.4) is 0 Å². The van der Waals surface area contributed by atoms with Gasteiger partial charge in [-0.1, -0.05) is 6.07 Å². The normalized spacial score (nSPS) is 20.9. The number of aromatic nitrogens is 2. The van der Waals surface area contributed by atoms with Crippen molar-refractivity contribution < 1.29 is 22.7 Å². The molecule has 2 N–H and O–H groups in total. The number of nitrogens with zero attached hydrogens (tertiary/aromatic N) is 4. The van der Waals surface area contributed by atoms with Gasteiger partial charge in [-0.2, -0.15) is 27.8 Å². The van der Waals surface area contributed by atoms with Crippen LogP contribution in [0, 0.1) is 11.3 Å². The van der Waals surface area contributed by atoms with Crippen LogP contribution >= 0.6 is 0 Å². The van der Waals surface area contributed by atoms with Crippen molar-refractivity contribution in [3.8, 4) is 17.6 Å². The molecule has 0 spiro atoms. The molecule has 12 heteroatoms. The number of nitriles is 1. The molecule has 1 aromatic heterocycles. The Morgan fingerprint density at radius 1 is 1.30 bits per heavy atom. The number of rotatable bonds is 5. The van der Waals surface area contributed by atoms with Gasteiger partial charge < -0.3 is 14.8 Å². The third kappa shape index (κ3) is 3.95. The monoisotopic (exact) mass is 434 g/mol. The van der Waals surface area contributed by atoms with E-state index in [1.54, 1.807) is 25.2 Å². The van der Waals surface area contributed by atoms with Gasteiger partial charge in [0.05, 0.1) is 26.5 Å². The lowest BCUT2D eigenvalue weighted by atomic mass is 9.99. The van der Waals surface area contributed by atoms with Crippen LogP contribution in [-0.4, -0.2) is 55.7 Å². The molecule has 30 heavy (non-hydrogen) atoms. The lowest BCUT2D eigenvalue weighted by molar-refractivity contribution is -0.120. The van der Waals surface area contributed by atoms with Crippen molar-refractivity contribution in [2.24, 2.45) is 7.05 Å². The lowest BCUT2D eigenvalue weighted by Gasteiger charge is -2.36. The summed E-state index contributed by atoms with van der Waals surface area (Å²) >= 11 is 0. The van der Waals surface area contributed by atoms with Gasteiger partial charge in [0.2, 0.25) is 5.91 Å². The minimum Gasteiger partial charge on any atom is -0.493 e. The maximum Gasteiger partial charge on any atom is 0.280 e. The standard InChI is InChI=1S/C18H22N6O5S/c1-23-17(12(9-19)10-20-23)21-18(25)14-8-13(22-30(26,27)24(14)2)11-5-6-15(28-3)16(7-11)29-4/h5-7,10,13-14,22H,8H2,1-4H3,(H,21,25). The number of anilines is 1. The summed E-state index contributed by atoms with van der Waals surface area (Å²) < 4.78 is 40.7. The number of carbonyl (C=O) groups is 1. The van der Waals surface area contributed by atoms with Crippen molar-refractivity contribution in [2.75, 3.05) is 26.6 Å². The second-order valence-corrected chi connectivity index (χ2v) is 8.45. The number of methoxy groups -OCH3 is 2. The molecule has 0 radical (unpaired) electrons. The van der Waals surface area contributed by atoms with E-state index in [0.717, 1.165) is 4.31 Å². The Bertz CT molecular complexity index is 1110. The second-order valence-electron chi connectivity index (χ2n) is 6.69. The number of benzene rings is 1. The van der Waals surface area contributed by atoms with Crippen molar-refractivity contribution in [3.63, 3.8) is 0 Å². The summed E-state index contributed by atoms with van der Waals surface area (Å²) in [5.41, 5.74) is 0.808. The third-order valence-electron chi connectivity index (χ3n) is 4.98. The molecule has 3 rings (SSSR count). The summed E-state index contributed by atoms with van der Waals surface area (Å²) in [4.78, 5) is 12.9. The average Bonchev–Trinajstić information content (AvgIpc) is 3.08. The van der Waals surface area contributed by atoms with Gasteiger partial charge in [-0.25, -0.2) is 0 Å². The molecule has 160 valence electrons. The summed E-state index contributed by atoms with van der Waals surface area (Å²) in [6.07, 6.45) is 1.49. The van der Waals surface area contributed by atoms with Crippen molar-refractivity contribution in [3.05, 3.63) is 35.5 Å². The Kier molecular flexibility index (Phi) is 5.97. The molecule has 0 bridgehead atoms. The number of ether oxygens (including phenoxy) is 2. The molecule has 0 aliphatic carbocycles. The number of hydrogen-bond acceptors (Lipinski definition) is 7. The number of hydrogen-bond donors (Lipinski definition) is 2. The van der Waals surface area contributed by atoms with Crippen LogP contribution in [0.2, 0.25) is 0 Å². The predicted octanol–water partition coefficient (Wildman–Crippen LogP) is 0.527. The first-order valence-corrected chi connectivity index (χ1v) is 10.4. The van der Waals surface area contributed by atoms with Gasteiger partial charge in [0.15, 0.2) is 11.5 Å². The van der Waals surface area contributed by atoms with E-state index in [4.69, 9.17) is 9.47 Å². The molecule has 2 aromatic rings. The fourth-order valence-corrected chi connectivity index (χ4v) is 4.54. The Morgan fingerprint density at radius 3 is 2.63 bits per heavy atom. The van der Waals surface area contributed by atoms with E-state index in [1.807, 2.05) is 6.07 Å². The highest BCUT2D eigenvalue weighted by Crippen LogP contribution is 2.34. The zero-order valence-corrected chi connectivity index (χ0v) is 17.7. The largest absolute Gasteiger partial charge is 0.493 e. The van der Waals surface area contributed by atoms with Gasteiger partial charge >= 0.3 is 0 Å². The topological polar surface area (TPSA) is 139 Å². The number of nitrogens with one attached hydrogen (secondary N) is 2. The maximum atomic E-state index is 12.9. The molecule has 2 unspecified atom stereocenters. The van der Waals surface area contributed by atoms with Crippen LogP contribution < -0.4 is 19.5 Å². The Hall–Kier alpha value is -3.14. The molecule has 1 saturated heterocycles. The van der Waals surface area contributed by atoms with Crippen molar-refractivity contribution in [1.82, 2.24) is 18.8 Å². The van der Waals surface area contributed by atoms with Crippen LogP contribution in [0.4, 0.5) is 5.82 Å². The Balaban J connectivity index is 1.91. The van der Waals surface area contributed by atoms with E-state index in [-0.39, 0.29) is 17.8 Å². The summed E-state index contributed by atoms with van der Waals surface area (Å²) in [6.45, 7) is 0. The molecule has 2 atom stereocenters. The predicted molar refractivity (Wildman–Crippen MR) is 107 cm³/mol. The molecule has 1 aromatic carbocycles. The van der Waals surface area contributed by atoms with Crippen LogP contribution in [0.5, 0.6) is 11.5 Å². The molecule has 1 fully saturated rings. The molecule has 1 aliphatic rings. The molecule has 2 heterocycles. The van der Waals surface area contributed by atoms with E-state index in [2.05, 4.69) is 15.1 Å². The minimum absolute atomic E-state index is 0.163. The summed E-state index contributed by atoms with van der Waals surface area (Å²) in [6, 6.07) is 5.33. The summed E-state index contributed by atoms with van der Waals surface area (Å²) in [7, 11) is 1.96. The van der Waals surface area contributed by atoms with E-state index in [0.29, 0.717) is 17.1 Å². The number of likely N-dealkylation sites (N-methyl/N-ethyl adjacent to an activating group) is 1. The van der Waals surface area contributed by atoms with E-state index in [9.17, 15) is 18.5 Å².